The highest BCUT2D eigenvalue weighted by atomic mass is 16.6. The SMILES string of the molecule is CNC(C)CNC(=O)c1ccc(N2CC(C)CC(C)C2)c([N+](=O)[O-])c1. The van der Waals surface area contributed by atoms with E-state index in [1.807, 2.05) is 14.0 Å². The van der Waals surface area contributed by atoms with Crippen LogP contribution in [-0.4, -0.2) is 43.6 Å². The van der Waals surface area contributed by atoms with Crippen molar-refractivity contribution in [2.24, 2.45) is 11.8 Å². The Balaban J connectivity index is 2.22. The van der Waals surface area contributed by atoms with Crippen LogP contribution in [0.3, 0.4) is 0 Å². The zero-order valence-electron chi connectivity index (χ0n) is 15.4. The molecule has 138 valence electrons. The first-order chi connectivity index (χ1) is 11.8. The van der Waals surface area contributed by atoms with Crippen LogP contribution in [0.5, 0.6) is 0 Å². The predicted molar refractivity (Wildman–Crippen MR) is 99.1 cm³/mol. The van der Waals surface area contributed by atoms with E-state index in [-0.39, 0.29) is 17.6 Å². The highest BCUT2D eigenvalue weighted by Crippen LogP contribution is 2.33. The van der Waals surface area contributed by atoms with E-state index in [2.05, 4.69) is 29.4 Å². The van der Waals surface area contributed by atoms with Gasteiger partial charge in [0, 0.05) is 37.3 Å². The molecule has 1 fully saturated rings. The topological polar surface area (TPSA) is 87.5 Å². The molecule has 3 atom stereocenters. The van der Waals surface area contributed by atoms with Gasteiger partial charge < -0.3 is 15.5 Å². The molecule has 1 amide bonds. The van der Waals surface area contributed by atoms with Crippen LogP contribution >= 0.6 is 0 Å². The van der Waals surface area contributed by atoms with Crippen molar-refractivity contribution in [3.63, 3.8) is 0 Å². The number of likely N-dealkylation sites (N-methyl/N-ethyl adjacent to an activating group) is 1. The molecule has 1 saturated heterocycles. The highest BCUT2D eigenvalue weighted by molar-refractivity contribution is 5.95. The van der Waals surface area contributed by atoms with Crippen LogP contribution in [0.1, 0.15) is 37.6 Å². The Labute approximate surface area is 148 Å². The summed E-state index contributed by atoms with van der Waals surface area (Å²) in [4.78, 5) is 25.5. The van der Waals surface area contributed by atoms with Gasteiger partial charge in [0.1, 0.15) is 5.69 Å². The van der Waals surface area contributed by atoms with Crippen LogP contribution in [-0.2, 0) is 0 Å². The standard InChI is InChI=1S/C18H28N4O3/c1-12-7-13(2)11-21(10-12)16-6-5-15(8-17(16)22(24)25)18(23)20-9-14(3)19-4/h5-6,8,12-14,19H,7,9-11H2,1-4H3,(H,20,23). The Morgan fingerprint density at radius 3 is 2.56 bits per heavy atom. The molecule has 1 aliphatic rings. The van der Waals surface area contributed by atoms with Crippen molar-refractivity contribution in [3.8, 4) is 0 Å². The Bertz CT molecular complexity index is 625. The summed E-state index contributed by atoms with van der Waals surface area (Å²) >= 11 is 0. The average Bonchev–Trinajstić information content (AvgIpc) is 2.57. The number of nitrogens with one attached hydrogen (secondary N) is 2. The molecule has 2 N–H and O–H groups in total. The lowest BCUT2D eigenvalue weighted by atomic mass is 9.91. The lowest BCUT2D eigenvalue weighted by Gasteiger charge is -2.36. The van der Waals surface area contributed by atoms with Gasteiger partial charge in [-0.3, -0.25) is 14.9 Å². The monoisotopic (exact) mass is 348 g/mol. The summed E-state index contributed by atoms with van der Waals surface area (Å²) in [6.45, 7) is 8.35. The first-order valence-corrected chi connectivity index (χ1v) is 8.80. The van der Waals surface area contributed by atoms with E-state index < -0.39 is 4.92 Å². The van der Waals surface area contributed by atoms with Crippen LogP contribution in [0.15, 0.2) is 18.2 Å². The number of hydrogen-bond acceptors (Lipinski definition) is 5. The number of benzene rings is 1. The Morgan fingerprint density at radius 2 is 2.00 bits per heavy atom. The third kappa shape index (κ3) is 4.92. The van der Waals surface area contributed by atoms with E-state index in [9.17, 15) is 14.9 Å². The summed E-state index contributed by atoms with van der Waals surface area (Å²) in [6, 6.07) is 4.90. The minimum atomic E-state index is -0.397. The van der Waals surface area contributed by atoms with Crippen molar-refractivity contribution in [2.75, 3.05) is 31.6 Å². The quantitative estimate of drug-likeness (QED) is 0.609. The van der Waals surface area contributed by atoms with Crippen LogP contribution < -0.4 is 15.5 Å². The number of amides is 1. The third-order valence-corrected chi connectivity index (χ3v) is 4.71. The summed E-state index contributed by atoms with van der Waals surface area (Å²) in [6.07, 6.45) is 1.13. The fraction of sp³-hybridized carbons (Fsp3) is 0.611. The summed E-state index contributed by atoms with van der Waals surface area (Å²) in [7, 11) is 1.82. The van der Waals surface area contributed by atoms with E-state index in [4.69, 9.17) is 0 Å². The number of nitrogens with zero attached hydrogens (tertiary/aromatic N) is 2. The van der Waals surface area contributed by atoms with E-state index in [0.29, 0.717) is 29.6 Å². The van der Waals surface area contributed by atoms with Crippen molar-refractivity contribution in [1.29, 1.82) is 0 Å². The molecule has 0 spiro atoms. The van der Waals surface area contributed by atoms with Gasteiger partial charge in [-0.2, -0.15) is 0 Å². The van der Waals surface area contributed by atoms with Gasteiger partial charge in [0.2, 0.25) is 0 Å². The Morgan fingerprint density at radius 1 is 1.36 bits per heavy atom. The number of piperidine rings is 1. The van der Waals surface area contributed by atoms with Crippen LogP contribution in [0.25, 0.3) is 0 Å². The largest absolute Gasteiger partial charge is 0.365 e. The molecule has 0 saturated carbocycles. The molecule has 1 aromatic carbocycles. The van der Waals surface area contributed by atoms with E-state index in [1.165, 1.54) is 6.07 Å². The fourth-order valence-electron chi connectivity index (χ4n) is 3.39. The first-order valence-electron chi connectivity index (χ1n) is 8.80. The fourth-order valence-corrected chi connectivity index (χ4v) is 3.39. The van der Waals surface area contributed by atoms with Gasteiger partial charge in [0.15, 0.2) is 0 Å². The number of anilines is 1. The van der Waals surface area contributed by atoms with Crippen LogP contribution in [0.4, 0.5) is 11.4 Å². The van der Waals surface area contributed by atoms with Crippen molar-refractivity contribution in [1.82, 2.24) is 10.6 Å². The van der Waals surface area contributed by atoms with Crippen LogP contribution in [0, 0.1) is 22.0 Å². The van der Waals surface area contributed by atoms with E-state index >= 15 is 0 Å². The van der Waals surface area contributed by atoms with Gasteiger partial charge in [0.25, 0.3) is 11.6 Å². The number of nitro groups is 1. The molecular formula is C18H28N4O3. The summed E-state index contributed by atoms with van der Waals surface area (Å²) in [5.41, 5.74) is 0.913. The third-order valence-electron chi connectivity index (χ3n) is 4.71. The lowest BCUT2D eigenvalue weighted by Crippen LogP contribution is -2.39. The van der Waals surface area contributed by atoms with Crippen molar-refractivity contribution in [2.45, 2.75) is 33.2 Å². The van der Waals surface area contributed by atoms with Crippen LogP contribution in [0.2, 0.25) is 0 Å². The molecule has 7 nitrogen and oxygen atoms in total. The van der Waals surface area contributed by atoms with Crippen molar-refractivity contribution in [3.05, 3.63) is 33.9 Å². The molecule has 1 heterocycles. The number of carbonyl (C=O) groups is 1. The number of rotatable bonds is 6. The molecule has 1 aromatic rings. The molecule has 0 aliphatic carbocycles. The molecular weight excluding hydrogens is 320 g/mol. The summed E-state index contributed by atoms with van der Waals surface area (Å²) in [5.74, 6) is 0.695. The maximum atomic E-state index is 12.3. The average molecular weight is 348 g/mol. The Hall–Kier alpha value is -2.15. The highest BCUT2D eigenvalue weighted by Gasteiger charge is 2.27. The van der Waals surface area contributed by atoms with Crippen molar-refractivity contribution < 1.29 is 9.72 Å². The zero-order chi connectivity index (χ0) is 18.6. The van der Waals surface area contributed by atoms with Gasteiger partial charge in [-0.05, 0) is 44.4 Å². The van der Waals surface area contributed by atoms with Gasteiger partial charge in [-0.25, -0.2) is 0 Å². The lowest BCUT2D eigenvalue weighted by molar-refractivity contribution is -0.384. The van der Waals surface area contributed by atoms with Gasteiger partial charge in [0.05, 0.1) is 4.92 Å². The molecule has 3 unspecified atom stereocenters. The smallest absolute Gasteiger partial charge is 0.293 e. The number of nitro benzene ring substituents is 1. The molecule has 0 bridgehead atoms. The Kier molecular flexibility index (Phi) is 6.36. The van der Waals surface area contributed by atoms with E-state index in [1.54, 1.807) is 12.1 Å². The maximum Gasteiger partial charge on any atom is 0.293 e. The normalized spacial score (nSPS) is 21.7. The minimum Gasteiger partial charge on any atom is -0.365 e. The van der Waals surface area contributed by atoms with E-state index in [0.717, 1.165) is 19.5 Å². The first kappa shape index (κ1) is 19.2. The minimum absolute atomic E-state index is 0.00406. The number of hydrogen-bond donors (Lipinski definition) is 2. The maximum absolute atomic E-state index is 12.3. The second kappa shape index (κ2) is 8.29. The summed E-state index contributed by atoms with van der Waals surface area (Å²) in [5, 5.41) is 17.4. The second-order valence-corrected chi connectivity index (χ2v) is 7.21. The van der Waals surface area contributed by atoms with Crippen molar-refractivity contribution >= 4 is 17.3 Å². The molecule has 2 rings (SSSR count). The molecule has 0 aromatic heterocycles. The number of carbonyl (C=O) groups excluding carboxylic acids is 1. The zero-order valence-corrected chi connectivity index (χ0v) is 15.4. The predicted octanol–water partition coefficient (Wildman–Crippen LogP) is 2.41. The molecule has 7 heteroatoms. The van der Waals surface area contributed by atoms with Gasteiger partial charge in [-0.1, -0.05) is 13.8 Å². The summed E-state index contributed by atoms with van der Waals surface area (Å²) < 4.78 is 0. The van der Waals surface area contributed by atoms with Gasteiger partial charge in [-0.15, -0.1) is 0 Å². The molecule has 25 heavy (non-hydrogen) atoms. The second-order valence-electron chi connectivity index (χ2n) is 7.21. The van der Waals surface area contributed by atoms with Gasteiger partial charge >= 0.3 is 0 Å². The molecule has 1 aliphatic heterocycles. The molecule has 0 radical (unpaired) electrons.